The molecule has 0 amide bonds. The second-order valence-electron chi connectivity index (χ2n) is 5.10. The van der Waals surface area contributed by atoms with Crippen LogP contribution in [0.3, 0.4) is 0 Å². The SMILES string of the molecule is Cc1cnc(NN)nc1OCCN(C(C)C)C(C)C. The maximum atomic E-state index is 5.72. The topological polar surface area (TPSA) is 76.3 Å². The highest BCUT2D eigenvalue weighted by Crippen LogP contribution is 2.15. The first-order valence-corrected chi connectivity index (χ1v) is 6.64. The number of nitrogens with one attached hydrogen (secondary N) is 1. The van der Waals surface area contributed by atoms with Gasteiger partial charge in [0, 0.05) is 30.4 Å². The van der Waals surface area contributed by atoms with Crippen molar-refractivity contribution >= 4 is 5.95 Å². The van der Waals surface area contributed by atoms with Crippen LogP contribution in [0.2, 0.25) is 0 Å². The maximum absolute atomic E-state index is 5.72. The van der Waals surface area contributed by atoms with Gasteiger partial charge in [-0.15, -0.1) is 0 Å². The summed E-state index contributed by atoms with van der Waals surface area (Å²) in [4.78, 5) is 10.6. The third kappa shape index (κ3) is 4.65. The molecular weight excluding hydrogens is 242 g/mol. The Bertz CT molecular complexity index is 387. The molecular formula is C13H25N5O. The molecule has 19 heavy (non-hydrogen) atoms. The monoisotopic (exact) mass is 267 g/mol. The van der Waals surface area contributed by atoms with Crippen LogP contribution < -0.4 is 16.0 Å². The van der Waals surface area contributed by atoms with Gasteiger partial charge in [-0.1, -0.05) is 0 Å². The number of aryl methyl sites for hydroxylation is 1. The Balaban J connectivity index is 2.57. The minimum absolute atomic E-state index is 0.366. The van der Waals surface area contributed by atoms with Crippen molar-refractivity contribution in [2.75, 3.05) is 18.6 Å². The molecule has 6 nitrogen and oxygen atoms in total. The molecule has 0 radical (unpaired) electrons. The summed E-state index contributed by atoms with van der Waals surface area (Å²) >= 11 is 0. The highest BCUT2D eigenvalue weighted by Gasteiger charge is 2.13. The van der Waals surface area contributed by atoms with Crippen molar-refractivity contribution in [3.05, 3.63) is 11.8 Å². The van der Waals surface area contributed by atoms with Crippen molar-refractivity contribution in [3.63, 3.8) is 0 Å². The van der Waals surface area contributed by atoms with Crippen LogP contribution in [-0.4, -0.2) is 40.1 Å². The molecule has 0 spiro atoms. The molecule has 0 bridgehead atoms. The number of rotatable bonds is 7. The minimum atomic E-state index is 0.366. The Hall–Kier alpha value is -1.40. The molecule has 0 fully saturated rings. The number of hydrazine groups is 1. The molecule has 0 unspecified atom stereocenters. The van der Waals surface area contributed by atoms with E-state index in [2.05, 4.69) is 48.0 Å². The highest BCUT2D eigenvalue weighted by atomic mass is 16.5. The van der Waals surface area contributed by atoms with Crippen LogP contribution in [0.4, 0.5) is 5.95 Å². The van der Waals surface area contributed by atoms with Crippen molar-refractivity contribution < 1.29 is 4.74 Å². The van der Waals surface area contributed by atoms with E-state index in [0.29, 0.717) is 30.5 Å². The first kappa shape index (κ1) is 15.7. The molecule has 0 aliphatic rings. The average Bonchev–Trinajstić information content (AvgIpc) is 2.35. The van der Waals surface area contributed by atoms with Gasteiger partial charge in [0.25, 0.3) is 0 Å². The molecule has 3 N–H and O–H groups in total. The number of hydrogen-bond donors (Lipinski definition) is 2. The van der Waals surface area contributed by atoms with E-state index in [1.807, 2.05) is 6.92 Å². The lowest BCUT2D eigenvalue weighted by Gasteiger charge is -2.30. The molecule has 0 aliphatic carbocycles. The van der Waals surface area contributed by atoms with Crippen molar-refractivity contribution in [3.8, 4) is 5.88 Å². The summed E-state index contributed by atoms with van der Waals surface area (Å²) in [5.41, 5.74) is 3.32. The molecule has 1 heterocycles. The Kier molecular flexibility index (Phi) is 5.98. The van der Waals surface area contributed by atoms with E-state index in [4.69, 9.17) is 10.6 Å². The first-order valence-electron chi connectivity index (χ1n) is 6.64. The van der Waals surface area contributed by atoms with Crippen LogP contribution in [0.25, 0.3) is 0 Å². The summed E-state index contributed by atoms with van der Waals surface area (Å²) in [5, 5.41) is 0. The van der Waals surface area contributed by atoms with E-state index in [9.17, 15) is 0 Å². The van der Waals surface area contributed by atoms with Gasteiger partial charge in [-0.25, -0.2) is 10.8 Å². The third-order valence-corrected chi connectivity index (χ3v) is 2.97. The van der Waals surface area contributed by atoms with Crippen LogP contribution in [-0.2, 0) is 0 Å². The zero-order valence-corrected chi connectivity index (χ0v) is 12.5. The van der Waals surface area contributed by atoms with Gasteiger partial charge in [0.2, 0.25) is 11.8 Å². The van der Waals surface area contributed by atoms with Gasteiger partial charge in [-0.2, -0.15) is 4.98 Å². The van der Waals surface area contributed by atoms with Crippen molar-refractivity contribution in [2.24, 2.45) is 5.84 Å². The average molecular weight is 267 g/mol. The summed E-state index contributed by atoms with van der Waals surface area (Å²) < 4.78 is 5.72. The van der Waals surface area contributed by atoms with E-state index in [-0.39, 0.29) is 0 Å². The van der Waals surface area contributed by atoms with Crippen LogP contribution in [0, 0.1) is 6.92 Å². The second kappa shape index (κ2) is 7.25. The Morgan fingerprint density at radius 2 is 1.95 bits per heavy atom. The number of aromatic nitrogens is 2. The Morgan fingerprint density at radius 3 is 2.47 bits per heavy atom. The van der Waals surface area contributed by atoms with Gasteiger partial charge >= 0.3 is 0 Å². The van der Waals surface area contributed by atoms with Gasteiger partial charge < -0.3 is 4.74 Å². The molecule has 0 atom stereocenters. The van der Waals surface area contributed by atoms with Gasteiger partial charge in [-0.3, -0.25) is 10.3 Å². The van der Waals surface area contributed by atoms with Crippen molar-refractivity contribution in [1.29, 1.82) is 0 Å². The zero-order valence-electron chi connectivity index (χ0n) is 12.5. The van der Waals surface area contributed by atoms with Crippen LogP contribution in [0.15, 0.2) is 6.20 Å². The standard InChI is InChI=1S/C13H25N5O/c1-9(2)18(10(3)4)6-7-19-12-11(5)8-15-13(16-12)17-14/h8-10H,6-7,14H2,1-5H3,(H,15,16,17). The summed E-state index contributed by atoms with van der Waals surface area (Å²) in [6.07, 6.45) is 1.69. The van der Waals surface area contributed by atoms with Gasteiger partial charge in [-0.05, 0) is 34.6 Å². The normalized spacial score (nSPS) is 11.4. The first-order chi connectivity index (χ1) is 8.95. The van der Waals surface area contributed by atoms with Gasteiger partial charge in [0.15, 0.2) is 0 Å². The highest BCUT2D eigenvalue weighted by molar-refractivity contribution is 5.31. The van der Waals surface area contributed by atoms with Crippen molar-refractivity contribution in [2.45, 2.75) is 46.7 Å². The van der Waals surface area contributed by atoms with Gasteiger partial charge in [0.1, 0.15) is 6.61 Å². The fourth-order valence-electron chi connectivity index (χ4n) is 2.00. The summed E-state index contributed by atoms with van der Waals surface area (Å²) in [5.74, 6) is 6.23. The molecule has 1 aromatic rings. The number of nitrogens with two attached hydrogens (primary N) is 1. The fourth-order valence-corrected chi connectivity index (χ4v) is 2.00. The summed E-state index contributed by atoms with van der Waals surface area (Å²) in [7, 11) is 0. The van der Waals surface area contributed by atoms with E-state index < -0.39 is 0 Å². The number of nitrogen functional groups attached to an aromatic ring is 1. The molecule has 0 saturated carbocycles. The van der Waals surface area contributed by atoms with E-state index >= 15 is 0 Å². The lowest BCUT2D eigenvalue weighted by molar-refractivity contribution is 0.140. The van der Waals surface area contributed by atoms with Crippen LogP contribution >= 0.6 is 0 Å². The molecule has 0 aromatic carbocycles. The predicted octanol–water partition coefficient (Wildman–Crippen LogP) is 1.57. The van der Waals surface area contributed by atoms with Crippen LogP contribution in [0.1, 0.15) is 33.3 Å². The number of anilines is 1. The molecule has 6 heteroatoms. The molecule has 1 aromatic heterocycles. The predicted molar refractivity (Wildman–Crippen MR) is 77.1 cm³/mol. The Morgan fingerprint density at radius 1 is 1.32 bits per heavy atom. The van der Waals surface area contributed by atoms with E-state index in [0.717, 1.165) is 12.1 Å². The lowest BCUT2D eigenvalue weighted by Crippen LogP contribution is -2.39. The molecule has 1 rings (SSSR count). The molecule has 0 saturated heterocycles. The quantitative estimate of drug-likeness (QED) is 0.577. The lowest BCUT2D eigenvalue weighted by atomic mass is 10.2. The largest absolute Gasteiger partial charge is 0.476 e. The Labute approximate surface area is 115 Å². The third-order valence-electron chi connectivity index (χ3n) is 2.97. The molecule has 108 valence electrons. The van der Waals surface area contributed by atoms with Crippen LogP contribution in [0.5, 0.6) is 5.88 Å². The number of nitrogens with zero attached hydrogens (tertiary/aromatic N) is 3. The fraction of sp³-hybridized carbons (Fsp3) is 0.692. The molecule has 0 aliphatic heterocycles. The summed E-state index contributed by atoms with van der Waals surface area (Å²) in [6.45, 7) is 12.1. The number of hydrogen-bond acceptors (Lipinski definition) is 6. The van der Waals surface area contributed by atoms with Crippen molar-refractivity contribution in [1.82, 2.24) is 14.9 Å². The minimum Gasteiger partial charge on any atom is -0.476 e. The second-order valence-corrected chi connectivity index (χ2v) is 5.10. The number of ether oxygens (including phenoxy) is 1. The summed E-state index contributed by atoms with van der Waals surface area (Å²) in [6, 6.07) is 0.993. The van der Waals surface area contributed by atoms with E-state index in [1.54, 1.807) is 6.20 Å². The van der Waals surface area contributed by atoms with Gasteiger partial charge in [0.05, 0.1) is 0 Å². The maximum Gasteiger partial charge on any atom is 0.240 e. The smallest absolute Gasteiger partial charge is 0.240 e. The van der Waals surface area contributed by atoms with E-state index in [1.165, 1.54) is 0 Å². The zero-order chi connectivity index (χ0) is 14.4.